The van der Waals surface area contributed by atoms with Crippen molar-refractivity contribution in [3.63, 3.8) is 0 Å². The Hall–Kier alpha value is -0.810. The Kier molecular flexibility index (Phi) is 9.67. The van der Waals surface area contributed by atoms with Gasteiger partial charge in [0, 0.05) is 51.5 Å². The summed E-state index contributed by atoms with van der Waals surface area (Å²) in [5.41, 5.74) is 0.402. The molecule has 142 valence electrons. The highest BCUT2D eigenvalue weighted by molar-refractivity contribution is 5.79. The van der Waals surface area contributed by atoms with Crippen molar-refractivity contribution in [2.75, 3.05) is 39.4 Å². The first kappa shape index (κ1) is 21.2. The smallest absolute Gasteiger partial charge is 0.191 e. The Bertz CT molecular complexity index is 356. The molecular formula is C19H40N4O. The van der Waals surface area contributed by atoms with E-state index in [1.54, 1.807) is 0 Å². The van der Waals surface area contributed by atoms with Gasteiger partial charge in [0.2, 0.25) is 0 Å². The Balaban J connectivity index is 2.42. The average Bonchev–Trinajstić information content (AvgIpc) is 3.29. The van der Waals surface area contributed by atoms with E-state index in [1.165, 1.54) is 12.8 Å². The number of guanidine groups is 1. The fourth-order valence-corrected chi connectivity index (χ4v) is 3.10. The van der Waals surface area contributed by atoms with Gasteiger partial charge < -0.3 is 15.4 Å². The standard InChI is InChI=1S/C19H40N4O/c1-7-20-18(21-12-13-23(16(3)4)17(5)6)22-15-19(9-10-19)11-14-24-8-2/h16-17H,7-15H2,1-6H3,(H2,20,21,22). The molecule has 0 unspecified atom stereocenters. The fourth-order valence-electron chi connectivity index (χ4n) is 3.10. The molecule has 0 amide bonds. The first-order chi connectivity index (χ1) is 11.4. The molecule has 1 rings (SSSR count). The summed E-state index contributed by atoms with van der Waals surface area (Å²) in [5.74, 6) is 0.952. The normalized spacial score (nSPS) is 17.0. The summed E-state index contributed by atoms with van der Waals surface area (Å²) >= 11 is 0. The van der Waals surface area contributed by atoms with Gasteiger partial charge in [0.1, 0.15) is 0 Å². The molecule has 1 aliphatic carbocycles. The first-order valence-electron chi connectivity index (χ1n) is 9.79. The van der Waals surface area contributed by atoms with Crippen molar-refractivity contribution < 1.29 is 4.74 Å². The number of nitrogens with one attached hydrogen (secondary N) is 2. The van der Waals surface area contributed by atoms with E-state index < -0.39 is 0 Å². The van der Waals surface area contributed by atoms with Crippen molar-refractivity contribution >= 4 is 5.96 Å². The SMILES string of the molecule is CCNC(=NCC1(CCOCC)CC1)NCCN(C(C)C)C(C)C. The van der Waals surface area contributed by atoms with E-state index in [-0.39, 0.29) is 0 Å². The number of ether oxygens (including phenoxy) is 1. The summed E-state index contributed by atoms with van der Waals surface area (Å²) < 4.78 is 5.51. The lowest BCUT2D eigenvalue weighted by Gasteiger charge is -2.30. The summed E-state index contributed by atoms with van der Waals surface area (Å²) in [5, 5.41) is 6.87. The summed E-state index contributed by atoms with van der Waals surface area (Å²) in [7, 11) is 0. The largest absolute Gasteiger partial charge is 0.382 e. The van der Waals surface area contributed by atoms with Crippen LogP contribution in [0.4, 0.5) is 0 Å². The molecule has 0 aromatic heterocycles. The minimum Gasteiger partial charge on any atom is -0.382 e. The number of rotatable bonds is 12. The van der Waals surface area contributed by atoms with Gasteiger partial charge in [-0.05, 0) is 66.2 Å². The third kappa shape index (κ3) is 7.84. The van der Waals surface area contributed by atoms with Crippen LogP contribution in [0.1, 0.15) is 60.8 Å². The Morgan fingerprint density at radius 1 is 1.12 bits per heavy atom. The molecule has 5 nitrogen and oxygen atoms in total. The van der Waals surface area contributed by atoms with E-state index in [2.05, 4.69) is 57.1 Å². The lowest BCUT2D eigenvalue weighted by molar-refractivity contribution is 0.129. The molecule has 2 N–H and O–H groups in total. The summed E-state index contributed by atoms with van der Waals surface area (Å²) in [6, 6.07) is 1.14. The second-order valence-electron chi connectivity index (χ2n) is 7.49. The quantitative estimate of drug-likeness (QED) is 0.326. The molecule has 0 aromatic rings. The highest BCUT2D eigenvalue weighted by atomic mass is 16.5. The highest BCUT2D eigenvalue weighted by Crippen LogP contribution is 2.48. The van der Waals surface area contributed by atoms with E-state index in [0.29, 0.717) is 17.5 Å². The van der Waals surface area contributed by atoms with Crippen molar-refractivity contribution in [1.29, 1.82) is 0 Å². The molecular weight excluding hydrogens is 300 g/mol. The molecule has 24 heavy (non-hydrogen) atoms. The zero-order valence-electron chi connectivity index (χ0n) is 16.8. The van der Waals surface area contributed by atoms with Gasteiger partial charge >= 0.3 is 0 Å². The summed E-state index contributed by atoms with van der Waals surface area (Å²) in [4.78, 5) is 7.33. The number of hydrogen-bond donors (Lipinski definition) is 2. The third-order valence-corrected chi connectivity index (χ3v) is 4.84. The molecule has 1 saturated carbocycles. The van der Waals surface area contributed by atoms with Gasteiger partial charge in [-0.1, -0.05) is 0 Å². The van der Waals surface area contributed by atoms with E-state index in [1.807, 2.05) is 0 Å². The Labute approximate surface area is 149 Å². The maximum absolute atomic E-state index is 5.51. The van der Waals surface area contributed by atoms with Gasteiger partial charge in [-0.3, -0.25) is 9.89 Å². The molecule has 0 bridgehead atoms. The minimum absolute atomic E-state index is 0.402. The van der Waals surface area contributed by atoms with Crippen LogP contribution in [0.3, 0.4) is 0 Å². The molecule has 0 spiro atoms. The molecule has 0 heterocycles. The van der Waals surface area contributed by atoms with Crippen molar-refractivity contribution in [3.8, 4) is 0 Å². The summed E-state index contributed by atoms with van der Waals surface area (Å²) in [6.45, 7) is 18.7. The predicted octanol–water partition coefficient (Wildman–Crippen LogP) is 2.87. The second kappa shape index (κ2) is 10.9. The van der Waals surface area contributed by atoms with Gasteiger partial charge in [0.05, 0.1) is 0 Å². The zero-order valence-corrected chi connectivity index (χ0v) is 16.8. The fraction of sp³-hybridized carbons (Fsp3) is 0.947. The molecule has 0 atom stereocenters. The van der Waals surface area contributed by atoms with Crippen LogP contribution in [0.5, 0.6) is 0 Å². The Morgan fingerprint density at radius 2 is 1.79 bits per heavy atom. The van der Waals surface area contributed by atoms with Crippen molar-refractivity contribution in [2.24, 2.45) is 10.4 Å². The van der Waals surface area contributed by atoms with Gasteiger partial charge in [-0.2, -0.15) is 0 Å². The molecule has 0 saturated heterocycles. The first-order valence-corrected chi connectivity index (χ1v) is 9.79. The van der Waals surface area contributed by atoms with Gasteiger partial charge in [0.25, 0.3) is 0 Å². The van der Waals surface area contributed by atoms with Gasteiger partial charge in [-0.15, -0.1) is 0 Å². The van der Waals surface area contributed by atoms with Crippen LogP contribution in [0.25, 0.3) is 0 Å². The topological polar surface area (TPSA) is 48.9 Å². The van der Waals surface area contributed by atoms with Crippen LogP contribution in [-0.4, -0.2) is 62.3 Å². The lowest BCUT2D eigenvalue weighted by atomic mass is 10.0. The molecule has 0 aliphatic heterocycles. The van der Waals surface area contributed by atoms with E-state index in [9.17, 15) is 0 Å². The number of nitrogens with zero attached hydrogens (tertiary/aromatic N) is 2. The molecule has 0 radical (unpaired) electrons. The van der Waals surface area contributed by atoms with E-state index in [0.717, 1.165) is 51.8 Å². The monoisotopic (exact) mass is 340 g/mol. The Morgan fingerprint density at radius 3 is 2.29 bits per heavy atom. The highest BCUT2D eigenvalue weighted by Gasteiger charge is 2.41. The number of aliphatic imine (C=N–C) groups is 1. The third-order valence-electron chi connectivity index (χ3n) is 4.84. The zero-order chi connectivity index (χ0) is 18.0. The van der Waals surface area contributed by atoms with Crippen LogP contribution in [-0.2, 0) is 4.74 Å². The predicted molar refractivity (Wildman–Crippen MR) is 104 cm³/mol. The molecule has 1 aliphatic rings. The molecule has 1 fully saturated rings. The average molecular weight is 341 g/mol. The van der Waals surface area contributed by atoms with E-state index in [4.69, 9.17) is 9.73 Å². The summed E-state index contributed by atoms with van der Waals surface area (Å²) in [6.07, 6.45) is 3.72. The van der Waals surface area contributed by atoms with Crippen molar-refractivity contribution in [3.05, 3.63) is 0 Å². The van der Waals surface area contributed by atoms with Gasteiger partial charge in [0.15, 0.2) is 5.96 Å². The van der Waals surface area contributed by atoms with Crippen LogP contribution in [0.2, 0.25) is 0 Å². The van der Waals surface area contributed by atoms with Crippen LogP contribution in [0, 0.1) is 5.41 Å². The van der Waals surface area contributed by atoms with Crippen LogP contribution >= 0.6 is 0 Å². The van der Waals surface area contributed by atoms with Gasteiger partial charge in [-0.25, -0.2) is 0 Å². The lowest BCUT2D eigenvalue weighted by Crippen LogP contribution is -2.45. The molecule has 5 heteroatoms. The minimum atomic E-state index is 0.402. The maximum atomic E-state index is 5.51. The van der Waals surface area contributed by atoms with Crippen molar-refractivity contribution in [2.45, 2.75) is 72.9 Å². The van der Waals surface area contributed by atoms with Crippen LogP contribution in [0.15, 0.2) is 4.99 Å². The molecule has 0 aromatic carbocycles. The maximum Gasteiger partial charge on any atom is 0.191 e. The van der Waals surface area contributed by atoms with E-state index >= 15 is 0 Å². The number of hydrogen-bond acceptors (Lipinski definition) is 3. The van der Waals surface area contributed by atoms with Crippen LogP contribution < -0.4 is 10.6 Å². The second-order valence-corrected chi connectivity index (χ2v) is 7.49. The van der Waals surface area contributed by atoms with Crippen molar-refractivity contribution in [1.82, 2.24) is 15.5 Å².